The van der Waals surface area contributed by atoms with Gasteiger partial charge in [-0.05, 0) is 48.2 Å². The summed E-state index contributed by atoms with van der Waals surface area (Å²) >= 11 is 6.58. The lowest BCUT2D eigenvalue weighted by atomic mass is 9.65. The van der Waals surface area contributed by atoms with Crippen LogP contribution in [-0.2, 0) is 17.9 Å². The van der Waals surface area contributed by atoms with E-state index < -0.39 is 11.1 Å². The highest BCUT2D eigenvalue weighted by Crippen LogP contribution is 2.63. The first-order chi connectivity index (χ1) is 19.7. The molecule has 7 rings (SSSR count). The second-order valence-electron chi connectivity index (χ2n) is 11.2. The lowest BCUT2D eigenvalue weighted by Gasteiger charge is -2.53. The molecule has 200 valence electrons. The van der Waals surface area contributed by atoms with Crippen molar-refractivity contribution < 1.29 is 4.79 Å². The van der Waals surface area contributed by atoms with Gasteiger partial charge in [0.15, 0.2) is 5.66 Å². The van der Waals surface area contributed by atoms with E-state index in [-0.39, 0.29) is 5.91 Å². The van der Waals surface area contributed by atoms with E-state index in [1.54, 1.807) is 0 Å². The Balaban J connectivity index is 1.51. The number of anilines is 3. The fourth-order valence-corrected chi connectivity index (χ4v) is 8.04. The second kappa shape index (κ2) is 9.90. The molecule has 0 atom stereocenters. The zero-order valence-corrected chi connectivity index (χ0v) is 23.4. The van der Waals surface area contributed by atoms with Gasteiger partial charge in [-0.15, -0.1) is 0 Å². The van der Waals surface area contributed by atoms with Crippen LogP contribution in [0.3, 0.4) is 0 Å². The third-order valence-electron chi connectivity index (χ3n) is 9.11. The summed E-state index contributed by atoms with van der Waals surface area (Å²) in [6, 6.07) is 39.9. The number of amides is 1. The molecule has 1 saturated heterocycles. The Morgan fingerprint density at radius 2 is 1.05 bits per heavy atom. The molecule has 2 fully saturated rings. The fourth-order valence-electron chi connectivity index (χ4n) is 7.44. The molecular formula is C35H33N3OS. The van der Waals surface area contributed by atoms with Gasteiger partial charge >= 0.3 is 0 Å². The number of nitrogens with zero attached hydrogens (tertiary/aromatic N) is 3. The molecule has 1 amide bonds. The molecule has 4 aromatic carbocycles. The van der Waals surface area contributed by atoms with Crippen molar-refractivity contribution in [2.75, 3.05) is 14.7 Å². The van der Waals surface area contributed by atoms with Crippen LogP contribution in [-0.4, -0.2) is 16.6 Å². The topological polar surface area (TPSA) is 26.8 Å². The van der Waals surface area contributed by atoms with Gasteiger partial charge in [-0.2, -0.15) is 0 Å². The molecule has 0 N–H and O–H groups in total. The first-order valence-corrected chi connectivity index (χ1v) is 14.7. The standard InChI is InChI=1S/C35H33N3OS/c39-32-34(23-13-4-14-24-34)35(33(40)38(32)29-19-9-3-10-20-29)36(25-27-15-5-1-6-16-27)30-21-11-12-22-31(30)37(35)26-28-17-7-2-8-18-28/h1-3,5-12,15-22H,4,13-14,23-26H2. The highest BCUT2D eigenvalue weighted by Gasteiger charge is 2.74. The lowest BCUT2D eigenvalue weighted by molar-refractivity contribution is -0.129. The molecule has 0 aromatic heterocycles. The van der Waals surface area contributed by atoms with Crippen molar-refractivity contribution in [2.45, 2.75) is 50.9 Å². The quantitative estimate of drug-likeness (QED) is 0.241. The third kappa shape index (κ3) is 3.57. The number of hydrogen-bond donors (Lipinski definition) is 0. The Morgan fingerprint density at radius 1 is 0.600 bits per heavy atom. The Labute approximate surface area is 241 Å². The molecule has 0 unspecified atom stereocenters. The van der Waals surface area contributed by atoms with Gasteiger partial charge < -0.3 is 9.80 Å². The molecule has 1 saturated carbocycles. The van der Waals surface area contributed by atoms with Gasteiger partial charge in [-0.3, -0.25) is 9.69 Å². The number of benzene rings is 4. The predicted octanol–water partition coefficient (Wildman–Crippen LogP) is 7.73. The van der Waals surface area contributed by atoms with Gasteiger partial charge in [-0.25, -0.2) is 0 Å². The number of fused-ring (bicyclic) bond motifs is 2. The third-order valence-corrected chi connectivity index (χ3v) is 9.58. The van der Waals surface area contributed by atoms with Crippen molar-refractivity contribution in [1.82, 2.24) is 0 Å². The summed E-state index contributed by atoms with van der Waals surface area (Å²) in [5, 5.41) is 0. The van der Waals surface area contributed by atoms with Gasteiger partial charge in [0.2, 0.25) is 5.91 Å². The zero-order valence-electron chi connectivity index (χ0n) is 22.6. The molecule has 3 aliphatic rings. The molecule has 1 aliphatic carbocycles. The van der Waals surface area contributed by atoms with Crippen molar-refractivity contribution in [3.63, 3.8) is 0 Å². The summed E-state index contributed by atoms with van der Waals surface area (Å²) in [5.74, 6) is 0.146. The van der Waals surface area contributed by atoms with E-state index in [1.807, 2.05) is 35.2 Å². The van der Waals surface area contributed by atoms with Crippen LogP contribution >= 0.6 is 12.2 Å². The predicted molar refractivity (Wildman–Crippen MR) is 166 cm³/mol. The Kier molecular flexibility index (Phi) is 6.20. The van der Waals surface area contributed by atoms with Crippen LogP contribution in [0.1, 0.15) is 43.2 Å². The maximum Gasteiger partial charge on any atom is 0.243 e. The molecule has 5 heteroatoms. The summed E-state index contributed by atoms with van der Waals surface area (Å²) < 4.78 is 0. The molecular weight excluding hydrogens is 510 g/mol. The molecule has 2 heterocycles. The summed E-state index contributed by atoms with van der Waals surface area (Å²) in [5.41, 5.74) is 4.06. The molecule has 2 spiro atoms. The first-order valence-electron chi connectivity index (χ1n) is 14.3. The second-order valence-corrected chi connectivity index (χ2v) is 11.6. The molecule has 2 aliphatic heterocycles. The minimum absolute atomic E-state index is 0.146. The molecule has 0 radical (unpaired) electrons. The van der Waals surface area contributed by atoms with Crippen LogP contribution in [0, 0.1) is 5.41 Å². The lowest BCUT2D eigenvalue weighted by Crippen LogP contribution is -2.69. The number of carbonyl (C=O) groups excluding carboxylic acids is 1. The molecule has 4 nitrogen and oxygen atoms in total. The monoisotopic (exact) mass is 543 g/mol. The van der Waals surface area contributed by atoms with Gasteiger partial charge in [0.1, 0.15) is 4.99 Å². The largest absolute Gasteiger partial charge is 0.336 e. The molecule has 4 aromatic rings. The van der Waals surface area contributed by atoms with E-state index >= 15 is 0 Å². The van der Waals surface area contributed by atoms with E-state index in [4.69, 9.17) is 12.2 Å². The van der Waals surface area contributed by atoms with E-state index in [0.717, 1.165) is 49.2 Å². The highest BCUT2D eigenvalue weighted by molar-refractivity contribution is 7.81. The number of hydrogen-bond acceptors (Lipinski definition) is 4. The highest BCUT2D eigenvalue weighted by atomic mass is 32.1. The fraction of sp³-hybridized carbons (Fsp3) is 0.257. The van der Waals surface area contributed by atoms with Crippen LogP contribution in [0.5, 0.6) is 0 Å². The summed E-state index contributed by atoms with van der Waals surface area (Å²) in [7, 11) is 0. The minimum Gasteiger partial charge on any atom is -0.336 e. The van der Waals surface area contributed by atoms with E-state index in [9.17, 15) is 4.79 Å². The maximum atomic E-state index is 15.0. The Hall–Kier alpha value is -3.96. The SMILES string of the molecule is O=C1N(c2ccccc2)C(=S)C2(N(Cc3ccccc3)c3ccccc3N2Cc2ccccc2)C12CCCCC2. The summed E-state index contributed by atoms with van der Waals surface area (Å²) in [6.45, 7) is 1.34. The Morgan fingerprint density at radius 3 is 1.55 bits per heavy atom. The van der Waals surface area contributed by atoms with Crippen LogP contribution in [0.2, 0.25) is 0 Å². The van der Waals surface area contributed by atoms with Crippen LogP contribution < -0.4 is 14.7 Å². The number of thiocarbonyl (C=S) groups is 1. The summed E-state index contributed by atoms with van der Waals surface area (Å²) in [6.07, 6.45) is 4.83. The number of carbonyl (C=O) groups is 1. The first kappa shape index (κ1) is 25.0. The van der Waals surface area contributed by atoms with Crippen molar-refractivity contribution in [1.29, 1.82) is 0 Å². The van der Waals surface area contributed by atoms with Crippen molar-refractivity contribution in [3.05, 3.63) is 126 Å². The van der Waals surface area contributed by atoms with Gasteiger partial charge in [-0.1, -0.05) is 122 Å². The van der Waals surface area contributed by atoms with Gasteiger partial charge in [0.25, 0.3) is 0 Å². The Bertz CT molecular complexity index is 1460. The van der Waals surface area contributed by atoms with Crippen molar-refractivity contribution in [2.24, 2.45) is 5.41 Å². The summed E-state index contributed by atoms with van der Waals surface area (Å²) in [4.78, 5) is 22.5. The molecule has 40 heavy (non-hydrogen) atoms. The van der Waals surface area contributed by atoms with E-state index in [1.165, 1.54) is 11.1 Å². The maximum absolute atomic E-state index is 15.0. The average molecular weight is 544 g/mol. The van der Waals surface area contributed by atoms with Crippen LogP contribution in [0.4, 0.5) is 17.1 Å². The average Bonchev–Trinajstić information content (AvgIpc) is 3.38. The van der Waals surface area contributed by atoms with Gasteiger partial charge in [0.05, 0.1) is 16.8 Å². The van der Waals surface area contributed by atoms with Crippen LogP contribution in [0.15, 0.2) is 115 Å². The zero-order chi connectivity index (χ0) is 27.2. The molecule has 0 bridgehead atoms. The minimum atomic E-state index is -0.814. The number of para-hydroxylation sites is 3. The van der Waals surface area contributed by atoms with E-state index in [2.05, 4.69) is 94.7 Å². The van der Waals surface area contributed by atoms with Crippen LogP contribution in [0.25, 0.3) is 0 Å². The van der Waals surface area contributed by atoms with Crippen molar-refractivity contribution in [3.8, 4) is 0 Å². The van der Waals surface area contributed by atoms with Crippen molar-refractivity contribution >= 4 is 40.2 Å². The van der Waals surface area contributed by atoms with Gasteiger partial charge in [0, 0.05) is 18.8 Å². The number of rotatable bonds is 5. The smallest absolute Gasteiger partial charge is 0.243 e. The van der Waals surface area contributed by atoms with E-state index in [0.29, 0.717) is 18.1 Å². The normalized spacial score (nSPS) is 19.1.